The van der Waals surface area contributed by atoms with Crippen molar-refractivity contribution in [2.75, 3.05) is 13.7 Å². The lowest BCUT2D eigenvalue weighted by Crippen LogP contribution is -2.05. The number of hydrogen-bond donors (Lipinski definition) is 1. The highest BCUT2D eigenvalue weighted by molar-refractivity contribution is 7.71. The lowest BCUT2D eigenvalue weighted by Gasteiger charge is -2.12. The molecule has 0 aliphatic rings. The number of aromatic amines is 1. The lowest BCUT2D eigenvalue weighted by molar-refractivity contribution is 0.257. The molecule has 0 amide bonds. The van der Waals surface area contributed by atoms with Crippen LogP contribution in [0.1, 0.15) is 19.4 Å². The smallest absolute Gasteiger partial charge is 0.216 e. The van der Waals surface area contributed by atoms with E-state index in [1.165, 1.54) is 11.0 Å². The van der Waals surface area contributed by atoms with Crippen LogP contribution in [0.5, 0.6) is 11.5 Å². The molecule has 6 nitrogen and oxygen atoms in total. The number of hydrogen-bond acceptors (Lipinski definition) is 5. The van der Waals surface area contributed by atoms with Crippen LogP contribution in [-0.2, 0) is 0 Å². The van der Waals surface area contributed by atoms with Gasteiger partial charge in [0.2, 0.25) is 4.77 Å². The molecule has 0 atom stereocenters. The van der Waals surface area contributed by atoms with Crippen molar-refractivity contribution in [1.82, 2.24) is 14.9 Å². The van der Waals surface area contributed by atoms with Gasteiger partial charge in [0, 0.05) is 0 Å². The predicted molar refractivity (Wildman–Crippen MR) is 83.7 cm³/mol. The molecular formula is C14H18N4O2S. The Hall–Kier alpha value is -2.15. The first-order valence-corrected chi connectivity index (χ1v) is 6.98. The number of rotatable bonds is 6. The van der Waals surface area contributed by atoms with Crippen molar-refractivity contribution in [3.63, 3.8) is 0 Å². The minimum Gasteiger partial charge on any atom is -0.493 e. The third-order valence-corrected chi connectivity index (χ3v) is 2.90. The molecule has 0 spiro atoms. The number of ether oxygens (including phenoxy) is 2. The Morgan fingerprint density at radius 1 is 1.43 bits per heavy atom. The largest absolute Gasteiger partial charge is 0.493 e. The number of H-pyrrole nitrogens is 1. The summed E-state index contributed by atoms with van der Waals surface area (Å²) >= 11 is 5.02. The molecule has 0 bridgehead atoms. The Bertz CT molecular complexity index is 676. The highest BCUT2D eigenvalue weighted by Gasteiger charge is 2.06. The Kier molecular flexibility index (Phi) is 5.10. The Labute approximate surface area is 128 Å². The molecule has 1 heterocycles. The van der Waals surface area contributed by atoms with E-state index in [1.54, 1.807) is 13.3 Å². The number of benzene rings is 1. The molecule has 1 aromatic heterocycles. The summed E-state index contributed by atoms with van der Waals surface area (Å²) in [6.45, 7) is 4.85. The van der Waals surface area contributed by atoms with Crippen molar-refractivity contribution >= 4 is 18.4 Å². The van der Waals surface area contributed by atoms with Crippen molar-refractivity contribution in [1.29, 1.82) is 0 Å². The van der Waals surface area contributed by atoms with Crippen LogP contribution in [0.2, 0.25) is 0 Å². The standard InChI is InChI=1S/C14H18N4O2S/c1-10(2)8-20-12-5-4-11(6-13(12)19-3)7-16-18-9-15-17-14(18)21/h4-7,9-10H,8H2,1-3H3,(H,17,21)/b16-7-. The second kappa shape index (κ2) is 7.03. The van der Waals surface area contributed by atoms with Crippen molar-refractivity contribution in [3.05, 3.63) is 34.9 Å². The molecule has 7 heteroatoms. The van der Waals surface area contributed by atoms with Crippen LogP contribution >= 0.6 is 12.2 Å². The zero-order chi connectivity index (χ0) is 15.2. The summed E-state index contributed by atoms with van der Waals surface area (Å²) in [6, 6.07) is 5.64. The first kappa shape index (κ1) is 15.2. The summed E-state index contributed by atoms with van der Waals surface area (Å²) in [7, 11) is 1.62. The second-order valence-electron chi connectivity index (χ2n) is 4.87. The topological polar surface area (TPSA) is 64.4 Å². The predicted octanol–water partition coefficient (Wildman–Crippen LogP) is 2.87. The third kappa shape index (κ3) is 4.16. The molecular weight excluding hydrogens is 288 g/mol. The molecule has 0 saturated heterocycles. The van der Waals surface area contributed by atoms with Crippen LogP contribution in [-0.4, -0.2) is 34.8 Å². The maximum Gasteiger partial charge on any atom is 0.216 e. The quantitative estimate of drug-likeness (QED) is 0.658. The molecule has 0 unspecified atom stereocenters. The van der Waals surface area contributed by atoms with Gasteiger partial charge in [-0.05, 0) is 41.9 Å². The second-order valence-corrected chi connectivity index (χ2v) is 5.25. The lowest BCUT2D eigenvalue weighted by atomic mass is 10.2. The first-order valence-electron chi connectivity index (χ1n) is 6.57. The Morgan fingerprint density at radius 2 is 2.24 bits per heavy atom. The van der Waals surface area contributed by atoms with E-state index in [0.29, 0.717) is 23.0 Å². The van der Waals surface area contributed by atoms with Crippen LogP contribution in [0.4, 0.5) is 0 Å². The summed E-state index contributed by atoms with van der Waals surface area (Å²) in [5.74, 6) is 1.86. The van der Waals surface area contributed by atoms with E-state index in [0.717, 1.165) is 11.3 Å². The molecule has 1 N–H and O–H groups in total. The van der Waals surface area contributed by atoms with Crippen LogP contribution in [0.3, 0.4) is 0 Å². The Morgan fingerprint density at radius 3 is 2.86 bits per heavy atom. The molecule has 0 aliphatic heterocycles. The van der Waals surface area contributed by atoms with Gasteiger partial charge >= 0.3 is 0 Å². The minimum atomic E-state index is 0.440. The molecule has 1 aromatic carbocycles. The van der Waals surface area contributed by atoms with Gasteiger partial charge in [-0.3, -0.25) is 5.10 Å². The maximum absolute atomic E-state index is 5.71. The molecule has 0 aliphatic carbocycles. The molecule has 0 saturated carbocycles. The number of nitrogens with one attached hydrogen (secondary N) is 1. The molecule has 0 fully saturated rings. The van der Waals surface area contributed by atoms with Crippen LogP contribution in [0, 0.1) is 10.7 Å². The van der Waals surface area contributed by atoms with Crippen LogP contribution in [0.25, 0.3) is 0 Å². The highest BCUT2D eigenvalue weighted by atomic mass is 32.1. The average molecular weight is 306 g/mol. The van der Waals surface area contributed by atoms with Crippen LogP contribution in [0.15, 0.2) is 29.6 Å². The van der Waals surface area contributed by atoms with Gasteiger partial charge < -0.3 is 9.47 Å². The fourth-order valence-electron chi connectivity index (χ4n) is 1.59. The van der Waals surface area contributed by atoms with E-state index in [2.05, 4.69) is 29.1 Å². The van der Waals surface area contributed by atoms with Gasteiger partial charge in [0.25, 0.3) is 0 Å². The van der Waals surface area contributed by atoms with Crippen molar-refractivity contribution < 1.29 is 9.47 Å². The summed E-state index contributed by atoms with van der Waals surface area (Å²) in [5, 5.41) is 10.6. The van der Waals surface area contributed by atoms with Gasteiger partial charge in [0.05, 0.1) is 19.9 Å². The van der Waals surface area contributed by atoms with Crippen molar-refractivity contribution in [2.24, 2.45) is 11.0 Å². The fourth-order valence-corrected chi connectivity index (χ4v) is 1.74. The summed E-state index contributed by atoms with van der Waals surface area (Å²) in [6.07, 6.45) is 3.19. The SMILES string of the molecule is COc1cc(/C=N\n2cn[nH]c2=S)ccc1OCC(C)C. The van der Waals surface area contributed by atoms with Gasteiger partial charge in [-0.1, -0.05) is 13.8 Å². The van der Waals surface area contributed by atoms with E-state index >= 15 is 0 Å². The summed E-state index contributed by atoms with van der Waals surface area (Å²) in [5.41, 5.74) is 0.881. The van der Waals surface area contributed by atoms with E-state index in [4.69, 9.17) is 21.7 Å². The van der Waals surface area contributed by atoms with Crippen molar-refractivity contribution in [3.8, 4) is 11.5 Å². The normalized spacial score (nSPS) is 11.2. The molecule has 21 heavy (non-hydrogen) atoms. The zero-order valence-electron chi connectivity index (χ0n) is 12.2. The van der Waals surface area contributed by atoms with E-state index in [1.807, 2.05) is 18.2 Å². The third-order valence-electron chi connectivity index (χ3n) is 2.63. The summed E-state index contributed by atoms with van der Waals surface area (Å²) < 4.78 is 13.0. The van der Waals surface area contributed by atoms with Crippen molar-refractivity contribution in [2.45, 2.75) is 13.8 Å². The molecule has 2 aromatic rings. The highest BCUT2D eigenvalue weighted by Crippen LogP contribution is 2.27. The van der Waals surface area contributed by atoms with Gasteiger partial charge in [-0.2, -0.15) is 14.9 Å². The summed E-state index contributed by atoms with van der Waals surface area (Å²) in [4.78, 5) is 0. The number of aromatic nitrogens is 3. The van der Waals surface area contributed by atoms with Gasteiger partial charge in [0.1, 0.15) is 6.33 Å². The van der Waals surface area contributed by atoms with Gasteiger partial charge in [0.15, 0.2) is 11.5 Å². The monoisotopic (exact) mass is 306 g/mol. The molecule has 2 rings (SSSR count). The maximum atomic E-state index is 5.71. The fraction of sp³-hybridized carbons (Fsp3) is 0.357. The minimum absolute atomic E-state index is 0.440. The van der Waals surface area contributed by atoms with E-state index in [9.17, 15) is 0 Å². The first-order chi connectivity index (χ1) is 10.1. The Balaban J connectivity index is 2.17. The van der Waals surface area contributed by atoms with E-state index < -0.39 is 0 Å². The van der Waals surface area contributed by atoms with Gasteiger partial charge in [-0.15, -0.1) is 0 Å². The van der Waals surface area contributed by atoms with E-state index in [-0.39, 0.29) is 0 Å². The molecule has 0 radical (unpaired) electrons. The molecule has 112 valence electrons. The van der Waals surface area contributed by atoms with Crippen LogP contribution < -0.4 is 9.47 Å². The average Bonchev–Trinajstić information content (AvgIpc) is 2.88. The van der Waals surface area contributed by atoms with Gasteiger partial charge in [-0.25, -0.2) is 0 Å². The zero-order valence-corrected chi connectivity index (χ0v) is 13.1. The number of methoxy groups -OCH3 is 1. The number of nitrogens with zero attached hydrogens (tertiary/aromatic N) is 3.